The first-order chi connectivity index (χ1) is 17.5. The van der Waals surface area contributed by atoms with Crippen LogP contribution in [0.2, 0.25) is 0 Å². The van der Waals surface area contributed by atoms with Gasteiger partial charge in [0.05, 0.1) is 25.4 Å². The van der Waals surface area contributed by atoms with Crippen LogP contribution in [0.1, 0.15) is 54.0 Å². The topological polar surface area (TPSA) is 61.2 Å². The molecule has 37 heavy (non-hydrogen) atoms. The van der Waals surface area contributed by atoms with E-state index in [9.17, 15) is 26.3 Å². The lowest BCUT2D eigenvalue weighted by Crippen LogP contribution is -2.48. The Morgan fingerprint density at radius 3 is 2.30 bits per heavy atom. The van der Waals surface area contributed by atoms with Crippen LogP contribution in [0.4, 0.5) is 26.3 Å². The number of nitrogens with one attached hydrogen (secondary N) is 1. The molecule has 2 aromatic carbocycles. The molecule has 0 aliphatic carbocycles. The summed E-state index contributed by atoms with van der Waals surface area (Å²) in [5, 5.41) is 9.15. The van der Waals surface area contributed by atoms with Gasteiger partial charge >= 0.3 is 12.4 Å². The fourth-order valence-corrected chi connectivity index (χ4v) is 5.48. The van der Waals surface area contributed by atoms with E-state index in [0.29, 0.717) is 17.7 Å². The van der Waals surface area contributed by atoms with Crippen molar-refractivity contribution >= 4 is 0 Å². The molecular weight excluding hydrogens is 502 g/mol. The third kappa shape index (κ3) is 4.68. The van der Waals surface area contributed by atoms with E-state index in [4.69, 9.17) is 9.47 Å². The fourth-order valence-electron chi connectivity index (χ4n) is 5.48. The smallest absolute Gasteiger partial charge is 0.452 e. The van der Waals surface area contributed by atoms with Crippen molar-refractivity contribution in [3.05, 3.63) is 71.3 Å². The minimum Gasteiger partial charge on any atom is -0.496 e. The van der Waals surface area contributed by atoms with Gasteiger partial charge in [-0.15, -0.1) is 10.2 Å². The summed E-state index contributed by atoms with van der Waals surface area (Å²) in [5.41, 5.74) is 0.584. The molecule has 0 amide bonds. The molecule has 1 spiro atoms. The van der Waals surface area contributed by atoms with Gasteiger partial charge in [-0.25, -0.2) is 0 Å². The molecule has 3 heterocycles. The molecule has 12 heteroatoms. The number of benzene rings is 2. The van der Waals surface area contributed by atoms with Crippen LogP contribution in [0.5, 0.6) is 5.75 Å². The van der Waals surface area contributed by atoms with Gasteiger partial charge < -0.3 is 14.8 Å². The van der Waals surface area contributed by atoms with E-state index in [1.165, 1.54) is 19.2 Å². The number of halogens is 6. The predicted molar refractivity (Wildman–Crippen MR) is 120 cm³/mol. The van der Waals surface area contributed by atoms with Crippen molar-refractivity contribution in [2.45, 2.75) is 49.2 Å². The molecule has 0 radical (unpaired) electrons. The number of ether oxygens (including phenoxy) is 2. The van der Waals surface area contributed by atoms with E-state index in [0.717, 1.165) is 31.0 Å². The van der Waals surface area contributed by atoms with Crippen molar-refractivity contribution in [1.82, 2.24) is 20.1 Å². The average molecular weight is 526 g/mol. The average Bonchev–Trinajstić information content (AvgIpc) is 3.50. The first kappa shape index (κ1) is 25.5. The molecule has 198 valence electrons. The number of rotatable bonds is 4. The van der Waals surface area contributed by atoms with E-state index >= 15 is 0 Å². The third-order valence-corrected chi connectivity index (χ3v) is 7.03. The largest absolute Gasteiger partial charge is 0.496 e. The maximum atomic E-state index is 13.6. The van der Waals surface area contributed by atoms with Crippen molar-refractivity contribution in [2.24, 2.45) is 0 Å². The van der Waals surface area contributed by atoms with Crippen molar-refractivity contribution in [3.63, 3.8) is 0 Å². The van der Waals surface area contributed by atoms with Crippen LogP contribution < -0.4 is 10.1 Å². The lowest BCUT2D eigenvalue weighted by Gasteiger charge is -2.41. The molecule has 0 saturated carbocycles. The Morgan fingerprint density at radius 2 is 1.68 bits per heavy atom. The number of piperidine rings is 1. The summed E-state index contributed by atoms with van der Waals surface area (Å²) in [6.07, 6.45) is -8.14. The number of aromatic nitrogens is 3. The quantitative estimate of drug-likeness (QED) is 0.444. The van der Waals surface area contributed by atoms with Crippen molar-refractivity contribution in [3.8, 4) is 11.4 Å². The minimum absolute atomic E-state index is 0.00343. The van der Waals surface area contributed by atoms with Crippen LogP contribution in [0.15, 0.2) is 48.5 Å². The van der Waals surface area contributed by atoms with Gasteiger partial charge in [0.2, 0.25) is 11.6 Å². The number of alkyl halides is 6. The summed E-state index contributed by atoms with van der Waals surface area (Å²) < 4.78 is 93.4. The van der Waals surface area contributed by atoms with Gasteiger partial charge in [0.15, 0.2) is 0 Å². The van der Waals surface area contributed by atoms with Gasteiger partial charge in [0.25, 0.3) is 0 Å². The van der Waals surface area contributed by atoms with Crippen LogP contribution in [0.25, 0.3) is 5.69 Å². The van der Waals surface area contributed by atoms with Gasteiger partial charge in [-0.3, -0.25) is 4.57 Å². The van der Waals surface area contributed by atoms with Crippen LogP contribution in [0, 0.1) is 0 Å². The van der Waals surface area contributed by atoms with Gasteiger partial charge in [0, 0.05) is 17.2 Å². The molecule has 3 aromatic rings. The Bertz CT molecular complexity index is 1230. The van der Waals surface area contributed by atoms with Crippen LogP contribution in [-0.2, 0) is 17.1 Å². The summed E-state index contributed by atoms with van der Waals surface area (Å²) >= 11 is 0. The molecular formula is C25H24F6N4O2. The van der Waals surface area contributed by atoms with E-state index in [-0.39, 0.29) is 28.8 Å². The second-order valence-corrected chi connectivity index (χ2v) is 9.28. The SMILES string of the molecule is COc1ccc(-n2c(C(F)(F)F)nnc2C(F)(F)F)cc1[C@H]1CO[C@]2(CCCN[C@H]2c2ccccc2)C1. The molecule has 1 aromatic heterocycles. The highest BCUT2D eigenvalue weighted by atomic mass is 19.4. The number of hydrogen-bond donors (Lipinski definition) is 1. The minimum atomic E-state index is -5.15. The normalized spacial score (nSPS) is 24.5. The van der Waals surface area contributed by atoms with E-state index in [1.54, 1.807) is 0 Å². The lowest BCUT2D eigenvalue weighted by atomic mass is 9.77. The van der Waals surface area contributed by atoms with Crippen molar-refractivity contribution in [1.29, 1.82) is 0 Å². The summed E-state index contributed by atoms with van der Waals surface area (Å²) in [7, 11) is 1.40. The molecule has 2 aliphatic rings. The Morgan fingerprint density at radius 1 is 1.00 bits per heavy atom. The maximum Gasteiger partial charge on any atom is 0.452 e. The fraction of sp³-hybridized carbons (Fsp3) is 0.440. The van der Waals surface area contributed by atoms with E-state index in [2.05, 4.69) is 15.5 Å². The molecule has 0 bridgehead atoms. The van der Waals surface area contributed by atoms with Crippen LogP contribution in [0.3, 0.4) is 0 Å². The van der Waals surface area contributed by atoms with Crippen molar-refractivity contribution < 1.29 is 35.8 Å². The second-order valence-electron chi connectivity index (χ2n) is 9.28. The van der Waals surface area contributed by atoms with Gasteiger partial charge in [-0.2, -0.15) is 26.3 Å². The molecule has 5 rings (SSSR count). The summed E-state index contributed by atoms with van der Waals surface area (Å²) in [4.78, 5) is 0. The number of nitrogens with zero attached hydrogens (tertiary/aromatic N) is 3. The standard InChI is InChI=1S/C25H24F6N4O2/c1-36-19-9-8-17(35-21(24(26,27)28)33-34-22(35)25(29,30)31)12-18(19)16-13-23(37-14-16)10-5-11-32-20(23)15-6-3-2-4-7-15/h2-4,6-9,12,16,20,32H,5,10-11,13-14H2,1H3/t16-,20+,23-/m1/s1. The molecule has 1 N–H and O–H groups in total. The molecule has 6 nitrogen and oxygen atoms in total. The van der Waals surface area contributed by atoms with E-state index < -0.39 is 29.6 Å². The summed E-state index contributed by atoms with van der Waals surface area (Å²) in [6, 6.07) is 13.5. The Kier molecular flexibility index (Phi) is 6.43. The van der Waals surface area contributed by atoms with Crippen molar-refractivity contribution in [2.75, 3.05) is 20.3 Å². The van der Waals surface area contributed by atoms with Crippen LogP contribution in [-0.4, -0.2) is 40.6 Å². The number of methoxy groups -OCH3 is 1. The molecule has 2 saturated heterocycles. The predicted octanol–water partition coefficient (Wildman–Crippen LogP) is 5.68. The molecule has 3 atom stereocenters. The Balaban J connectivity index is 1.55. The van der Waals surface area contributed by atoms with Gasteiger partial charge in [-0.1, -0.05) is 30.3 Å². The first-order valence-corrected chi connectivity index (χ1v) is 11.7. The van der Waals surface area contributed by atoms with Crippen LogP contribution >= 0.6 is 0 Å². The highest BCUT2D eigenvalue weighted by Gasteiger charge is 2.50. The Hall–Kier alpha value is -3.12. The zero-order valence-electron chi connectivity index (χ0n) is 19.7. The summed E-state index contributed by atoms with van der Waals surface area (Å²) in [6.45, 7) is 1.05. The number of hydrogen-bond acceptors (Lipinski definition) is 5. The zero-order valence-corrected chi connectivity index (χ0v) is 19.7. The zero-order chi connectivity index (χ0) is 26.4. The third-order valence-electron chi connectivity index (χ3n) is 7.03. The highest BCUT2D eigenvalue weighted by molar-refractivity contribution is 5.48. The first-order valence-electron chi connectivity index (χ1n) is 11.7. The molecule has 2 fully saturated rings. The Labute approximate surface area is 208 Å². The summed E-state index contributed by atoms with van der Waals surface area (Å²) in [5.74, 6) is -3.47. The maximum absolute atomic E-state index is 13.6. The van der Waals surface area contributed by atoms with Gasteiger partial charge in [0.1, 0.15) is 5.75 Å². The second kappa shape index (κ2) is 9.32. The monoisotopic (exact) mass is 526 g/mol. The molecule has 2 aliphatic heterocycles. The lowest BCUT2D eigenvalue weighted by molar-refractivity contribution is -0.153. The molecule has 0 unspecified atom stereocenters. The highest BCUT2D eigenvalue weighted by Crippen LogP contribution is 2.50. The van der Waals surface area contributed by atoms with E-state index in [1.807, 2.05) is 30.3 Å². The van der Waals surface area contributed by atoms with Gasteiger partial charge in [-0.05, 0) is 49.6 Å².